The van der Waals surface area contributed by atoms with Gasteiger partial charge in [-0.3, -0.25) is 9.59 Å². The topological polar surface area (TPSA) is 139 Å². The molecule has 0 heterocycles. The van der Waals surface area contributed by atoms with Gasteiger partial charge in [0.1, 0.15) is 0 Å². The van der Waals surface area contributed by atoms with E-state index in [2.05, 4.69) is 38.3 Å². The number of hydrogen-bond acceptors (Lipinski definition) is 6. The molecule has 0 radical (unpaired) electrons. The number of allylic oxidation sites excluding steroid dienone is 1. The Morgan fingerprint density at radius 2 is 0.478 bits per heavy atom. The smallest absolute Gasteiger partial charge is 0.220 e. The van der Waals surface area contributed by atoms with Crippen molar-refractivity contribution < 1.29 is 30.0 Å². The molecule has 0 aromatic carbocycles. The third-order valence-electron chi connectivity index (χ3n) is 19.4. The summed E-state index contributed by atoms with van der Waals surface area (Å²) in [7, 11) is 0. The Labute approximate surface area is 563 Å². The Morgan fingerprint density at radius 1 is 0.278 bits per heavy atom. The quantitative estimate of drug-likeness (QED) is 0.0265. The van der Waals surface area contributed by atoms with Crippen molar-refractivity contribution in [1.29, 1.82) is 0 Å². The summed E-state index contributed by atoms with van der Waals surface area (Å²) in [6.07, 6.45) is 90.5. The lowest BCUT2D eigenvalue weighted by Gasteiger charge is -2.22. The van der Waals surface area contributed by atoms with Gasteiger partial charge in [-0.15, -0.1) is 0 Å². The van der Waals surface area contributed by atoms with Crippen LogP contribution in [0.2, 0.25) is 0 Å². The van der Waals surface area contributed by atoms with Gasteiger partial charge in [0.15, 0.2) is 0 Å². The van der Waals surface area contributed by atoms with Gasteiger partial charge < -0.3 is 31.1 Å². The van der Waals surface area contributed by atoms with Gasteiger partial charge in [-0.05, 0) is 32.1 Å². The molecule has 0 aromatic rings. The second-order valence-electron chi connectivity index (χ2n) is 28.5. The molecule has 0 aliphatic rings. The molecule has 0 rings (SSSR count). The molecule has 0 bridgehead atoms. The lowest BCUT2D eigenvalue weighted by molar-refractivity contribution is -0.123. The summed E-state index contributed by atoms with van der Waals surface area (Å²) in [5.74, 6) is -0.0879. The highest BCUT2D eigenvalue weighted by atomic mass is 16.3. The first-order chi connectivity index (χ1) is 44.3. The number of rotatable bonds is 75. The van der Waals surface area contributed by atoms with E-state index in [0.29, 0.717) is 19.3 Å². The maximum absolute atomic E-state index is 12.4. The molecule has 8 nitrogen and oxygen atoms in total. The van der Waals surface area contributed by atoms with Crippen molar-refractivity contribution in [3.63, 3.8) is 0 Å². The van der Waals surface area contributed by atoms with Crippen molar-refractivity contribution in [2.75, 3.05) is 13.2 Å². The maximum atomic E-state index is 12.4. The van der Waals surface area contributed by atoms with E-state index in [-0.39, 0.29) is 25.0 Å². The standard InChI is InChI=1S/C42H85NO3.C40H79NO3/c1-3-5-7-9-11-13-15-17-18-19-20-21-22-23-24-26-28-30-32-34-36-38-42(46)43-40(39-44)41(45)37-35-33-31-29-27-25-16-14-12-10-8-6-4-2;1-3-5-7-9-11-13-15-17-18-19-20-21-22-24-26-28-30-32-34-36-40(44)41-38(37-42)39(43)35-33-31-29-27-25-23-16-14-12-10-8-6-4-2/h40-41,44-45H,3-39H2,1-2H3,(H,43,46);33,35,38-39,42-43H,3-32,34,36-37H2,1-2H3,(H,41,44)/b;35-33+/t40-,41+;38-,39+/m00/s1. The van der Waals surface area contributed by atoms with Crippen LogP contribution in [0.4, 0.5) is 0 Å². The number of unbranched alkanes of at least 4 members (excludes halogenated alkanes) is 61. The van der Waals surface area contributed by atoms with Crippen molar-refractivity contribution in [3.8, 4) is 0 Å². The maximum Gasteiger partial charge on any atom is 0.220 e. The average molecular weight is 1270 g/mol. The van der Waals surface area contributed by atoms with Gasteiger partial charge in [-0.1, -0.05) is 432 Å². The first-order valence-electron chi connectivity index (χ1n) is 41.1. The summed E-state index contributed by atoms with van der Waals surface area (Å²) in [4.78, 5) is 24.7. The van der Waals surface area contributed by atoms with Gasteiger partial charge in [0, 0.05) is 12.8 Å². The second kappa shape index (κ2) is 80.0. The third-order valence-corrected chi connectivity index (χ3v) is 19.4. The molecule has 6 N–H and O–H groups in total. The number of carbonyl (C=O) groups excluding carboxylic acids is 2. The van der Waals surface area contributed by atoms with Gasteiger partial charge >= 0.3 is 0 Å². The molecule has 2 amide bonds. The summed E-state index contributed by atoms with van der Waals surface area (Å²) in [6.45, 7) is 8.69. The fraction of sp³-hybridized carbons (Fsp3) is 0.951. The fourth-order valence-corrected chi connectivity index (χ4v) is 13.0. The molecule has 0 unspecified atom stereocenters. The molecule has 4 atom stereocenters. The predicted molar refractivity (Wildman–Crippen MR) is 396 cm³/mol. The lowest BCUT2D eigenvalue weighted by Crippen LogP contribution is -2.45. The van der Waals surface area contributed by atoms with E-state index in [4.69, 9.17) is 0 Å². The zero-order chi connectivity index (χ0) is 65.8. The van der Waals surface area contributed by atoms with Crippen LogP contribution in [0.3, 0.4) is 0 Å². The molecule has 90 heavy (non-hydrogen) atoms. The van der Waals surface area contributed by atoms with Crippen LogP contribution in [0, 0.1) is 0 Å². The summed E-state index contributed by atoms with van der Waals surface area (Å²) >= 11 is 0. The molecule has 0 aromatic heterocycles. The molecule has 0 saturated heterocycles. The number of hydrogen-bond donors (Lipinski definition) is 6. The van der Waals surface area contributed by atoms with E-state index < -0.39 is 24.3 Å². The summed E-state index contributed by atoms with van der Waals surface area (Å²) < 4.78 is 0. The summed E-state index contributed by atoms with van der Waals surface area (Å²) in [6, 6.07) is -1.14. The highest BCUT2D eigenvalue weighted by Gasteiger charge is 2.20. The van der Waals surface area contributed by atoms with Gasteiger partial charge in [0.25, 0.3) is 0 Å². The Morgan fingerprint density at radius 3 is 0.711 bits per heavy atom. The SMILES string of the molecule is CCCCCCCCCCCCC/C=C/[C@@H](O)[C@H](CO)NC(=O)CCCCCCCCCCCCCCCCCCCCC.CCCCCCCCCCCCCCCCCCCCCCCC(=O)N[C@@H](CO)[C@H](O)CCCCCCCCCCCCCCC. The van der Waals surface area contributed by atoms with E-state index in [1.165, 1.54) is 366 Å². The van der Waals surface area contributed by atoms with E-state index in [0.717, 1.165) is 51.4 Å². The minimum Gasteiger partial charge on any atom is -0.394 e. The van der Waals surface area contributed by atoms with Crippen LogP contribution in [0.25, 0.3) is 0 Å². The van der Waals surface area contributed by atoms with Gasteiger partial charge in [0.05, 0.1) is 37.5 Å². The Balaban J connectivity index is 0. The average Bonchev–Trinajstić information content (AvgIpc) is 3.62. The normalized spacial score (nSPS) is 13.0. The van der Waals surface area contributed by atoms with E-state index >= 15 is 0 Å². The molecule has 538 valence electrons. The zero-order valence-corrected chi connectivity index (χ0v) is 61.6. The van der Waals surface area contributed by atoms with Crippen molar-refractivity contribution >= 4 is 11.8 Å². The first kappa shape index (κ1) is 90.6. The second-order valence-corrected chi connectivity index (χ2v) is 28.5. The zero-order valence-electron chi connectivity index (χ0n) is 61.6. The fourth-order valence-electron chi connectivity index (χ4n) is 13.0. The molecule has 0 spiro atoms. The Bertz CT molecular complexity index is 1380. The van der Waals surface area contributed by atoms with E-state index in [1.807, 2.05) is 6.08 Å². The molecule has 8 heteroatoms. The number of aliphatic hydroxyl groups excluding tert-OH is 4. The first-order valence-corrected chi connectivity index (χ1v) is 41.1. The van der Waals surface area contributed by atoms with Gasteiger partial charge in [-0.25, -0.2) is 0 Å². The van der Waals surface area contributed by atoms with Crippen LogP contribution in [0.1, 0.15) is 464 Å². The highest BCUT2D eigenvalue weighted by Crippen LogP contribution is 2.20. The van der Waals surface area contributed by atoms with Gasteiger partial charge in [0.2, 0.25) is 11.8 Å². The number of nitrogens with one attached hydrogen (secondary N) is 2. The Hall–Kier alpha value is -1.48. The minimum absolute atomic E-state index is 0.0266. The van der Waals surface area contributed by atoms with Gasteiger partial charge in [-0.2, -0.15) is 0 Å². The van der Waals surface area contributed by atoms with Crippen molar-refractivity contribution in [2.45, 2.75) is 489 Å². The summed E-state index contributed by atoms with van der Waals surface area (Å²) in [5.41, 5.74) is 0. The predicted octanol–water partition coefficient (Wildman–Crippen LogP) is 24.8. The van der Waals surface area contributed by atoms with Crippen LogP contribution < -0.4 is 10.6 Å². The Kier molecular flexibility index (Phi) is 80.5. The van der Waals surface area contributed by atoms with Crippen LogP contribution in [-0.4, -0.2) is 69.7 Å². The van der Waals surface area contributed by atoms with Crippen LogP contribution in [-0.2, 0) is 9.59 Å². The van der Waals surface area contributed by atoms with Crippen molar-refractivity contribution in [3.05, 3.63) is 12.2 Å². The van der Waals surface area contributed by atoms with E-state index in [9.17, 15) is 30.0 Å². The number of carbonyl (C=O) groups is 2. The van der Waals surface area contributed by atoms with Crippen LogP contribution in [0.5, 0.6) is 0 Å². The van der Waals surface area contributed by atoms with Crippen molar-refractivity contribution in [1.82, 2.24) is 10.6 Å². The lowest BCUT2D eigenvalue weighted by atomic mass is 10.0. The third kappa shape index (κ3) is 73.9. The molecule has 0 saturated carbocycles. The largest absolute Gasteiger partial charge is 0.394 e. The van der Waals surface area contributed by atoms with Crippen molar-refractivity contribution in [2.24, 2.45) is 0 Å². The molecule has 0 aliphatic heterocycles. The van der Waals surface area contributed by atoms with E-state index in [1.54, 1.807) is 6.08 Å². The summed E-state index contributed by atoms with van der Waals surface area (Å²) in [5, 5.41) is 46.0. The molecular formula is C82H164N2O6. The molecule has 0 aliphatic carbocycles. The monoisotopic (exact) mass is 1270 g/mol. The van der Waals surface area contributed by atoms with Crippen LogP contribution in [0.15, 0.2) is 12.2 Å². The highest BCUT2D eigenvalue weighted by molar-refractivity contribution is 5.76. The molecule has 0 fully saturated rings. The van der Waals surface area contributed by atoms with Crippen LogP contribution >= 0.6 is 0 Å². The minimum atomic E-state index is -0.832. The molecular weight excluding hydrogens is 1110 g/mol. The number of amides is 2. The number of aliphatic hydroxyl groups is 4.